The number of aromatic nitrogens is 1. The fourth-order valence-electron chi connectivity index (χ4n) is 2.50. The van der Waals surface area contributed by atoms with E-state index in [1.807, 2.05) is 11.0 Å². The Morgan fingerprint density at radius 3 is 2.77 bits per heavy atom. The van der Waals surface area contributed by atoms with Crippen LogP contribution in [-0.2, 0) is 22.6 Å². The minimum absolute atomic E-state index is 0.0698. The third-order valence-electron chi connectivity index (χ3n) is 3.72. The molecule has 1 amide bonds. The number of carbonyl (C=O) groups excluding carboxylic acids is 1. The van der Waals surface area contributed by atoms with Gasteiger partial charge in [0.25, 0.3) is 0 Å². The van der Waals surface area contributed by atoms with Gasteiger partial charge >= 0.3 is 0 Å². The summed E-state index contributed by atoms with van der Waals surface area (Å²) in [7, 11) is 1.65. The highest BCUT2D eigenvalue weighted by Crippen LogP contribution is 2.12. The van der Waals surface area contributed by atoms with Gasteiger partial charge in [-0.2, -0.15) is 0 Å². The topological polar surface area (TPSA) is 34.5 Å². The Morgan fingerprint density at radius 2 is 2.09 bits per heavy atom. The fourth-order valence-corrected chi connectivity index (χ4v) is 2.50. The zero-order valence-corrected chi connectivity index (χ0v) is 13.6. The number of aryl methyl sites for hydroxylation is 1. The Labute approximate surface area is 132 Å². The van der Waals surface area contributed by atoms with E-state index in [2.05, 4.69) is 48.0 Å². The number of nitrogens with zero attached hydrogens (tertiary/aromatic N) is 2. The van der Waals surface area contributed by atoms with E-state index < -0.39 is 0 Å². The van der Waals surface area contributed by atoms with Crippen LogP contribution in [0.2, 0.25) is 0 Å². The molecule has 0 aliphatic heterocycles. The second-order valence-electron chi connectivity index (χ2n) is 5.55. The summed E-state index contributed by atoms with van der Waals surface area (Å²) in [5.41, 5.74) is 3.66. The number of rotatable bonds is 7. The Hall–Kier alpha value is -2.07. The minimum Gasteiger partial charge on any atom is -0.383 e. The molecule has 4 heteroatoms. The molecule has 118 valence electrons. The number of amides is 1. The van der Waals surface area contributed by atoms with Gasteiger partial charge in [0, 0.05) is 39.0 Å². The van der Waals surface area contributed by atoms with Crippen molar-refractivity contribution in [1.29, 1.82) is 0 Å². The summed E-state index contributed by atoms with van der Waals surface area (Å²) in [6.45, 7) is 6.29. The van der Waals surface area contributed by atoms with Gasteiger partial charge in [0.1, 0.15) is 0 Å². The maximum atomic E-state index is 11.8. The highest BCUT2D eigenvalue weighted by Gasteiger charge is 2.11. The van der Waals surface area contributed by atoms with Gasteiger partial charge in [0.2, 0.25) is 5.91 Å². The van der Waals surface area contributed by atoms with E-state index in [1.165, 1.54) is 11.1 Å². The molecule has 0 saturated heterocycles. The molecule has 2 rings (SSSR count). The summed E-state index contributed by atoms with van der Waals surface area (Å²) in [6, 6.07) is 12.6. The zero-order valence-electron chi connectivity index (χ0n) is 13.6. The van der Waals surface area contributed by atoms with E-state index >= 15 is 0 Å². The van der Waals surface area contributed by atoms with Crippen molar-refractivity contribution in [2.45, 2.75) is 26.9 Å². The largest absolute Gasteiger partial charge is 0.383 e. The molecule has 0 N–H and O–H groups in total. The summed E-state index contributed by atoms with van der Waals surface area (Å²) in [6.07, 6.45) is 2.06. The average molecular weight is 300 g/mol. The average Bonchev–Trinajstić information content (AvgIpc) is 2.90. The lowest BCUT2D eigenvalue weighted by molar-refractivity contribution is -0.130. The molecule has 1 heterocycles. The molecule has 0 spiro atoms. The molecule has 0 atom stereocenters. The van der Waals surface area contributed by atoms with Crippen LogP contribution >= 0.6 is 0 Å². The summed E-state index contributed by atoms with van der Waals surface area (Å²) in [5, 5.41) is 0. The van der Waals surface area contributed by atoms with E-state index in [1.54, 1.807) is 14.0 Å². The van der Waals surface area contributed by atoms with Crippen molar-refractivity contribution in [1.82, 2.24) is 9.47 Å². The van der Waals surface area contributed by atoms with Crippen LogP contribution in [0, 0.1) is 6.92 Å². The third-order valence-corrected chi connectivity index (χ3v) is 3.72. The van der Waals surface area contributed by atoms with Crippen LogP contribution in [-0.4, -0.2) is 35.6 Å². The molecule has 4 nitrogen and oxygen atoms in total. The molecule has 0 unspecified atom stereocenters. The highest BCUT2D eigenvalue weighted by atomic mass is 16.5. The van der Waals surface area contributed by atoms with Gasteiger partial charge in [-0.3, -0.25) is 4.79 Å². The molecule has 0 aliphatic rings. The van der Waals surface area contributed by atoms with Crippen LogP contribution in [0.25, 0.3) is 0 Å². The molecule has 1 aromatic carbocycles. The number of methoxy groups -OCH3 is 1. The monoisotopic (exact) mass is 300 g/mol. The molecule has 0 fully saturated rings. The predicted molar refractivity (Wildman–Crippen MR) is 87.7 cm³/mol. The van der Waals surface area contributed by atoms with Crippen molar-refractivity contribution in [3.63, 3.8) is 0 Å². The molecule has 1 aromatic heterocycles. The zero-order chi connectivity index (χ0) is 15.9. The van der Waals surface area contributed by atoms with Gasteiger partial charge in [-0.25, -0.2) is 0 Å². The lowest BCUT2D eigenvalue weighted by Crippen LogP contribution is -2.32. The Morgan fingerprint density at radius 1 is 1.27 bits per heavy atom. The van der Waals surface area contributed by atoms with Crippen molar-refractivity contribution < 1.29 is 9.53 Å². The maximum absolute atomic E-state index is 11.8. The van der Waals surface area contributed by atoms with Crippen molar-refractivity contribution in [2.24, 2.45) is 0 Å². The van der Waals surface area contributed by atoms with Gasteiger partial charge < -0.3 is 14.2 Å². The van der Waals surface area contributed by atoms with E-state index in [0.29, 0.717) is 19.7 Å². The SMILES string of the molecule is COCCN(Cc1cccn1Cc1cccc(C)c1)C(C)=O. The molecule has 0 aliphatic carbocycles. The molecular formula is C18H24N2O2. The van der Waals surface area contributed by atoms with Crippen molar-refractivity contribution >= 4 is 5.91 Å². The third kappa shape index (κ3) is 4.46. The van der Waals surface area contributed by atoms with E-state index in [9.17, 15) is 4.79 Å². The van der Waals surface area contributed by atoms with Crippen molar-refractivity contribution in [3.8, 4) is 0 Å². The normalized spacial score (nSPS) is 10.7. The summed E-state index contributed by atoms with van der Waals surface area (Å²) in [5.74, 6) is 0.0698. The summed E-state index contributed by atoms with van der Waals surface area (Å²) in [4.78, 5) is 13.6. The second kappa shape index (κ2) is 7.80. The molecule has 2 aromatic rings. The first kappa shape index (κ1) is 16.3. The number of carbonyl (C=O) groups is 1. The van der Waals surface area contributed by atoms with Crippen molar-refractivity contribution in [2.75, 3.05) is 20.3 Å². The molecule has 0 bridgehead atoms. The first-order valence-electron chi connectivity index (χ1n) is 7.54. The van der Waals surface area contributed by atoms with Gasteiger partial charge in [0.05, 0.1) is 13.2 Å². The summed E-state index contributed by atoms with van der Waals surface area (Å²) < 4.78 is 7.27. The van der Waals surface area contributed by atoms with Crippen molar-refractivity contribution in [3.05, 3.63) is 59.4 Å². The Balaban J connectivity index is 2.09. The fraction of sp³-hybridized carbons (Fsp3) is 0.389. The van der Waals surface area contributed by atoms with E-state index in [-0.39, 0.29) is 5.91 Å². The standard InChI is InChI=1S/C18H24N2O2/c1-15-6-4-7-17(12-15)13-20-9-5-8-18(20)14-19(16(2)21)10-11-22-3/h4-9,12H,10-11,13-14H2,1-3H3. The number of benzene rings is 1. The maximum Gasteiger partial charge on any atom is 0.219 e. The smallest absolute Gasteiger partial charge is 0.219 e. The predicted octanol–water partition coefficient (Wildman–Crippen LogP) is 2.84. The quantitative estimate of drug-likeness (QED) is 0.788. The van der Waals surface area contributed by atoms with Gasteiger partial charge in [-0.05, 0) is 24.6 Å². The van der Waals surface area contributed by atoms with Gasteiger partial charge in [-0.1, -0.05) is 29.8 Å². The Kier molecular flexibility index (Phi) is 5.78. The van der Waals surface area contributed by atoms with Gasteiger partial charge in [0.15, 0.2) is 0 Å². The first-order valence-corrected chi connectivity index (χ1v) is 7.54. The molecule has 0 radical (unpaired) electrons. The lowest BCUT2D eigenvalue weighted by Gasteiger charge is -2.21. The Bertz CT molecular complexity index is 619. The number of hydrogen-bond donors (Lipinski definition) is 0. The minimum atomic E-state index is 0.0698. The molecule has 22 heavy (non-hydrogen) atoms. The number of ether oxygens (including phenoxy) is 1. The van der Waals surface area contributed by atoms with Crippen LogP contribution in [0.4, 0.5) is 0 Å². The summed E-state index contributed by atoms with van der Waals surface area (Å²) >= 11 is 0. The van der Waals surface area contributed by atoms with E-state index in [4.69, 9.17) is 4.74 Å². The van der Waals surface area contributed by atoms with Crippen LogP contribution in [0.3, 0.4) is 0 Å². The highest BCUT2D eigenvalue weighted by molar-refractivity contribution is 5.73. The van der Waals surface area contributed by atoms with Crippen LogP contribution in [0.5, 0.6) is 0 Å². The lowest BCUT2D eigenvalue weighted by atomic mass is 10.1. The molecule has 0 saturated carbocycles. The van der Waals surface area contributed by atoms with Gasteiger partial charge in [-0.15, -0.1) is 0 Å². The van der Waals surface area contributed by atoms with Crippen LogP contribution < -0.4 is 0 Å². The van der Waals surface area contributed by atoms with Crippen LogP contribution in [0.15, 0.2) is 42.6 Å². The van der Waals surface area contributed by atoms with E-state index in [0.717, 1.165) is 12.2 Å². The second-order valence-corrected chi connectivity index (χ2v) is 5.55. The first-order chi connectivity index (χ1) is 10.6. The molecular weight excluding hydrogens is 276 g/mol. The number of hydrogen-bond acceptors (Lipinski definition) is 2. The van der Waals surface area contributed by atoms with Crippen LogP contribution in [0.1, 0.15) is 23.7 Å².